The van der Waals surface area contributed by atoms with Gasteiger partial charge in [-0.2, -0.15) is 0 Å². The van der Waals surface area contributed by atoms with Crippen molar-refractivity contribution in [2.45, 2.75) is 31.6 Å². The summed E-state index contributed by atoms with van der Waals surface area (Å²) in [7, 11) is 0. The van der Waals surface area contributed by atoms with Crippen LogP contribution in [-0.2, 0) is 4.74 Å². The number of alkyl halides is 8. The predicted molar refractivity (Wildman–Crippen MR) is 70.6 cm³/mol. The van der Waals surface area contributed by atoms with E-state index >= 15 is 0 Å². The molecule has 0 spiro atoms. The highest BCUT2D eigenvalue weighted by Crippen LogP contribution is 2.28. The Morgan fingerprint density at radius 3 is 1.00 bits per heavy atom. The van der Waals surface area contributed by atoms with Gasteiger partial charge >= 0.3 is 0 Å². The molecule has 0 aromatic rings. The van der Waals surface area contributed by atoms with Gasteiger partial charge in [0, 0.05) is 0 Å². The van der Waals surface area contributed by atoms with E-state index in [2.05, 4.69) is 0 Å². The van der Waals surface area contributed by atoms with Crippen LogP contribution >= 0.6 is 92.8 Å². The standard InChI is InChI=1S/C6H6Cl8O/c7-1(3(9)10)5(13)15-6(14)2(8)4(11)12/h1-6H. The van der Waals surface area contributed by atoms with Crippen LogP contribution in [0.3, 0.4) is 0 Å². The zero-order chi connectivity index (χ0) is 12.2. The van der Waals surface area contributed by atoms with Crippen LogP contribution in [0.15, 0.2) is 0 Å². The van der Waals surface area contributed by atoms with Crippen LogP contribution in [0.5, 0.6) is 0 Å². The molecule has 0 bridgehead atoms. The fraction of sp³-hybridized carbons (Fsp3) is 1.00. The molecule has 0 fully saturated rings. The van der Waals surface area contributed by atoms with Crippen LogP contribution in [-0.4, -0.2) is 31.6 Å². The Hall–Kier alpha value is 2.28. The van der Waals surface area contributed by atoms with E-state index in [1.54, 1.807) is 0 Å². The molecule has 0 aliphatic rings. The molecular formula is C6H6Cl8O. The van der Waals surface area contributed by atoms with Gasteiger partial charge in [0.25, 0.3) is 0 Å². The number of ether oxygens (including phenoxy) is 1. The molecule has 92 valence electrons. The molecular weight excluding hydrogens is 372 g/mol. The second-order valence-electron chi connectivity index (χ2n) is 2.40. The van der Waals surface area contributed by atoms with Crippen molar-refractivity contribution in [3.8, 4) is 0 Å². The first-order valence-corrected chi connectivity index (χ1v) is 7.04. The van der Waals surface area contributed by atoms with Crippen molar-refractivity contribution in [2.75, 3.05) is 0 Å². The molecule has 9 heteroatoms. The van der Waals surface area contributed by atoms with E-state index in [4.69, 9.17) is 97.5 Å². The summed E-state index contributed by atoms with van der Waals surface area (Å²) in [6.07, 6.45) is 0. The largest absolute Gasteiger partial charge is 0.340 e. The molecule has 0 heterocycles. The van der Waals surface area contributed by atoms with Gasteiger partial charge in [0.2, 0.25) is 0 Å². The lowest BCUT2D eigenvalue weighted by molar-refractivity contribution is 0.0804. The van der Waals surface area contributed by atoms with E-state index in [-0.39, 0.29) is 0 Å². The molecule has 0 saturated carbocycles. The number of hydrogen-bond acceptors (Lipinski definition) is 1. The van der Waals surface area contributed by atoms with Gasteiger partial charge in [-0.05, 0) is 0 Å². The monoisotopic (exact) mass is 374 g/mol. The van der Waals surface area contributed by atoms with E-state index in [1.165, 1.54) is 0 Å². The molecule has 0 saturated heterocycles. The third-order valence-corrected chi connectivity index (χ3v) is 4.81. The Bertz CT molecular complexity index is 159. The molecule has 0 aromatic carbocycles. The summed E-state index contributed by atoms with van der Waals surface area (Å²) in [6, 6.07) is 0. The Labute approximate surface area is 128 Å². The first-order valence-electron chi connectivity index (χ1n) is 3.55. The average molecular weight is 378 g/mol. The summed E-state index contributed by atoms with van der Waals surface area (Å²) < 4.78 is 5.03. The Morgan fingerprint density at radius 1 is 0.533 bits per heavy atom. The highest BCUT2D eigenvalue weighted by molar-refractivity contribution is 6.50. The normalized spacial score (nSPS) is 20.4. The van der Waals surface area contributed by atoms with Crippen molar-refractivity contribution in [3.63, 3.8) is 0 Å². The highest BCUT2D eigenvalue weighted by Gasteiger charge is 2.31. The van der Waals surface area contributed by atoms with Crippen molar-refractivity contribution >= 4 is 92.8 Å². The molecule has 1 nitrogen and oxygen atoms in total. The zero-order valence-corrected chi connectivity index (χ0v) is 12.9. The van der Waals surface area contributed by atoms with Gasteiger partial charge in [-0.3, -0.25) is 0 Å². The third-order valence-electron chi connectivity index (χ3n) is 1.24. The van der Waals surface area contributed by atoms with Crippen molar-refractivity contribution < 1.29 is 4.74 Å². The molecule has 0 N–H and O–H groups in total. The third kappa shape index (κ3) is 6.69. The van der Waals surface area contributed by atoms with Gasteiger partial charge in [0.05, 0.1) is 0 Å². The van der Waals surface area contributed by atoms with Gasteiger partial charge in [-0.1, -0.05) is 23.2 Å². The maximum Gasteiger partial charge on any atom is 0.152 e. The van der Waals surface area contributed by atoms with Crippen LogP contribution in [0.4, 0.5) is 0 Å². The molecule has 0 amide bonds. The predicted octanol–water partition coefficient (Wildman–Crippen LogP) is 4.96. The van der Waals surface area contributed by atoms with Gasteiger partial charge in [0.15, 0.2) is 11.1 Å². The number of hydrogen-bond donors (Lipinski definition) is 0. The number of halogens is 8. The molecule has 0 aromatic heterocycles. The fourth-order valence-corrected chi connectivity index (χ4v) is 2.01. The van der Waals surface area contributed by atoms with E-state index in [9.17, 15) is 0 Å². The zero-order valence-electron chi connectivity index (χ0n) is 6.90. The molecule has 0 aliphatic carbocycles. The lowest BCUT2D eigenvalue weighted by Crippen LogP contribution is -2.33. The minimum absolute atomic E-state index is 0.829. The fourth-order valence-electron chi connectivity index (χ4n) is 0.503. The first kappa shape index (κ1) is 17.3. The van der Waals surface area contributed by atoms with Gasteiger partial charge in [-0.25, -0.2) is 0 Å². The van der Waals surface area contributed by atoms with Gasteiger partial charge in [0.1, 0.15) is 20.4 Å². The second-order valence-corrected chi connectivity index (χ2v) is 6.59. The second kappa shape index (κ2) is 8.39. The molecule has 15 heavy (non-hydrogen) atoms. The van der Waals surface area contributed by atoms with Crippen LogP contribution < -0.4 is 0 Å². The van der Waals surface area contributed by atoms with Gasteiger partial charge < -0.3 is 4.74 Å². The lowest BCUT2D eigenvalue weighted by Gasteiger charge is -2.23. The van der Waals surface area contributed by atoms with Crippen molar-refractivity contribution in [3.05, 3.63) is 0 Å². The maximum absolute atomic E-state index is 5.72. The minimum atomic E-state index is -0.998. The van der Waals surface area contributed by atoms with E-state index in [1.807, 2.05) is 0 Å². The van der Waals surface area contributed by atoms with Crippen molar-refractivity contribution in [1.82, 2.24) is 0 Å². The maximum atomic E-state index is 5.72. The minimum Gasteiger partial charge on any atom is -0.340 e. The lowest BCUT2D eigenvalue weighted by atomic mass is 10.4. The first-order chi connectivity index (χ1) is 6.77. The van der Waals surface area contributed by atoms with Crippen molar-refractivity contribution in [1.29, 1.82) is 0 Å². The van der Waals surface area contributed by atoms with Crippen LogP contribution in [0, 0.1) is 0 Å². The molecule has 0 rings (SSSR count). The van der Waals surface area contributed by atoms with E-state index in [0.29, 0.717) is 0 Å². The topological polar surface area (TPSA) is 9.23 Å². The quantitative estimate of drug-likeness (QED) is 0.595. The number of rotatable bonds is 6. The average Bonchev–Trinajstić information content (AvgIpc) is 2.14. The summed E-state index contributed by atoms with van der Waals surface area (Å²) in [5.41, 5.74) is -2.00. The summed E-state index contributed by atoms with van der Waals surface area (Å²) in [5, 5.41) is -1.66. The Balaban J connectivity index is 4.11. The summed E-state index contributed by atoms with van der Waals surface area (Å²) in [6.45, 7) is 0. The smallest absolute Gasteiger partial charge is 0.152 e. The molecule has 0 radical (unpaired) electrons. The van der Waals surface area contributed by atoms with Crippen LogP contribution in [0.2, 0.25) is 0 Å². The van der Waals surface area contributed by atoms with Crippen molar-refractivity contribution in [2.24, 2.45) is 0 Å². The Morgan fingerprint density at radius 2 is 0.800 bits per heavy atom. The molecule has 4 unspecified atom stereocenters. The SMILES string of the molecule is ClC(Cl)C(Cl)C(Cl)OC(Cl)C(Cl)C(Cl)Cl. The van der Waals surface area contributed by atoms with Gasteiger partial charge in [-0.15, -0.1) is 69.6 Å². The van der Waals surface area contributed by atoms with Crippen LogP contribution in [0.1, 0.15) is 0 Å². The van der Waals surface area contributed by atoms with E-state index < -0.39 is 31.6 Å². The summed E-state index contributed by atoms with van der Waals surface area (Å²) in [4.78, 5) is -1.79. The van der Waals surface area contributed by atoms with Crippen LogP contribution in [0.25, 0.3) is 0 Å². The highest BCUT2D eigenvalue weighted by atomic mass is 35.5. The Kier molecular flexibility index (Phi) is 9.67. The molecule has 4 atom stereocenters. The molecule has 0 aliphatic heterocycles. The van der Waals surface area contributed by atoms with E-state index in [0.717, 1.165) is 0 Å². The summed E-state index contributed by atoms with van der Waals surface area (Å²) in [5.74, 6) is 0. The summed E-state index contributed by atoms with van der Waals surface area (Å²) >= 11 is 44.8.